The molecule has 0 amide bonds. The third-order valence-corrected chi connectivity index (χ3v) is 2.85. The maximum absolute atomic E-state index is 13.8. The van der Waals surface area contributed by atoms with Crippen LogP contribution >= 0.6 is 23.2 Å². The van der Waals surface area contributed by atoms with Crippen LogP contribution in [0, 0.1) is 5.82 Å². The van der Waals surface area contributed by atoms with Gasteiger partial charge in [-0.2, -0.15) is 0 Å². The first-order chi connectivity index (χ1) is 8.60. The molecule has 2 rings (SSSR count). The van der Waals surface area contributed by atoms with Gasteiger partial charge >= 0.3 is 0 Å². The molecule has 1 aromatic heterocycles. The third-order valence-electron chi connectivity index (χ3n) is 2.42. The van der Waals surface area contributed by atoms with Crippen LogP contribution in [-0.4, -0.2) is 9.97 Å². The van der Waals surface area contributed by atoms with E-state index in [1.54, 1.807) is 18.2 Å². The van der Waals surface area contributed by atoms with E-state index in [9.17, 15) is 4.39 Å². The van der Waals surface area contributed by atoms with E-state index in [4.69, 9.17) is 23.2 Å². The minimum atomic E-state index is -0.417. The maximum atomic E-state index is 13.8. The fraction of sp³-hybridized carbons (Fsp3) is 0.231. The molecule has 5 heteroatoms. The Morgan fingerprint density at radius 2 is 1.94 bits per heavy atom. The molecule has 0 N–H and O–H groups in total. The van der Waals surface area contributed by atoms with Crippen molar-refractivity contribution >= 4 is 23.2 Å². The van der Waals surface area contributed by atoms with E-state index >= 15 is 0 Å². The van der Waals surface area contributed by atoms with Gasteiger partial charge in [-0.25, -0.2) is 14.4 Å². The van der Waals surface area contributed by atoms with E-state index in [2.05, 4.69) is 9.97 Å². The van der Waals surface area contributed by atoms with Gasteiger partial charge in [0.1, 0.15) is 16.8 Å². The Morgan fingerprint density at radius 3 is 2.61 bits per heavy atom. The van der Waals surface area contributed by atoms with E-state index in [0.717, 1.165) is 6.42 Å². The van der Waals surface area contributed by atoms with Gasteiger partial charge in [-0.15, -0.1) is 0 Å². The molecule has 94 valence electrons. The van der Waals surface area contributed by atoms with E-state index in [1.807, 2.05) is 6.92 Å². The molecular formula is C13H11Cl2FN2. The van der Waals surface area contributed by atoms with Crippen molar-refractivity contribution in [3.63, 3.8) is 0 Å². The standard InChI is InChI=1S/C13H11Cl2FN2/c1-2-3-13-17-11(7-12(15)18-13)9-5-4-8(14)6-10(9)16/h4-7H,2-3H2,1H3. The van der Waals surface area contributed by atoms with Gasteiger partial charge in [-0.1, -0.05) is 30.1 Å². The number of halogens is 3. The number of rotatable bonds is 3. The van der Waals surface area contributed by atoms with Gasteiger partial charge in [0.15, 0.2) is 0 Å². The van der Waals surface area contributed by atoms with Gasteiger partial charge in [0.2, 0.25) is 0 Å². The van der Waals surface area contributed by atoms with Gasteiger partial charge in [0.25, 0.3) is 0 Å². The Morgan fingerprint density at radius 1 is 1.17 bits per heavy atom. The van der Waals surface area contributed by atoms with Crippen LogP contribution in [0.2, 0.25) is 10.2 Å². The normalized spacial score (nSPS) is 10.7. The zero-order valence-electron chi connectivity index (χ0n) is 9.75. The lowest BCUT2D eigenvalue weighted by Crippen LogP contribution is -1.98. The Bertz CT molecular complexity index is 573. The molecule has 2 aromatic rings. The summed E-state index contributed by atoms with van der Waals surface area (Å²) in [5.41, 5.74) is 0.855. The van der Waals surface area contributed by atoms with Crippen LogP contribution in [0.4, 0.5) is 4.39 Å². The van der Waals surface area contributed by atoms with Gasteiger partial charge < -0.3 is 0 Å². The fourth-order valence-corrected chi connectivity index (χ4v) is 1.99. The van der Waals surface area contributed by atoms with Crippen LogP contribution in [-0.2, 0) is 6.42 Å². The molecule has 0 bridgehead atoms. The highest BCUT2D eigenvalue weighted by molar-refractivity contribution is 6.30. The summed E-state index contributed by atoms with van der Waals surface area (Å²) in [6.45, 7) is 2.02. The van der Waals surface area contributed by atoms with E-state index in [0.29, 0.717) is 33.7 Å². The molecular weight excluding hydrogens is 274 g/mol. The van der Waals surface area contributed by atoms with Crippen molar-refractivity contribution < 1.29 is 4.39 Å². The highest BCUT2D eigenvalue weighted by atomic mass is 35.5. The first kappa shape index (κ1) is 13.2. The van der Waals surface area contributed by atoms with Crippen LogP contribution in [0.15, 0.2) is 24.3 Å². The molecule has 0 unspecified atom stereocenters. The topological polar surface area (TPSA) is 25.8 Å². The predicted octanol–water partition coefficient (Wildman–Crippen LogP) is 4.54. The van der Waals surface area contributed by atoms with E-state index in [-0.39, 0.29) is 0 Å². The van der Waals surface area contributed by atoms with Crippen molar-refractivity contribution in [2.45, 2.75) is 19.8 Å². The molecule has 0 radical (unpaired) electrons. The molecule has 1 aromatic carbocycles. The summed E-state index contributed by atoms with van der Waals surface area (Å²) in [6, 6.07) is 6.01. The Kier molecular flexibility index (Phi) is 4.15. The van der Waals surface area contributed by atoms with Crippen molar-refractivity contribution in [2.24, 2.45) is 0 Å². The second-order valence-electron chi connectivity index (χ2n) is 3.87. The molecule has 0 saturated heterocycles. The number of aryl methyl sites for hydroxylation is 1. The largest absolute Gasteiger partial charge is 0.233 e. The van der Waals surface area contributed by atoms with Crippen LogP contribution in [0.3, 0.4) is 0 Å². The number of nitrogens with zero attached hydrogens (tertiary/aromatic N) is 2. The minimum Gasteiger partial charge on any atom is -0.233 e. The maximum Gasteiger partial charge on any atom is 0.134 e. The molecule has 0 atom stereocenters. The van der Waals surface area contributed by atoms with Crippen LogP contribution in [0.25, 0.3) is 11.3 Å². The summed E-state index contributed by atoms with van der Waals surface area (Å²) in [6.07, 6.45) is 1.62. The summed E-state index contributed by atoms with van der Waals surface area (Å²) < 4.78 is 13.8. The van der Waals surface area contributed by atoms with Crippen molar-refractivity contribution in [3.8, 4) is 11.3 Å². The van der Waals surface area contributed by atoms with Crippen molar-refractivity contribution in [1.29, 1.82) is 0 Å². The Labute approximate surface area is 115 Å². The summed E-state index contributed by atoms with van der Waals surface area (Å²) in [5, 5.41) is 0.669. The first-order valence-corrected chi connectivity index (χ1v) is 6.34. The van der Waals surface area contributed by atoms with Gasteiger partial charge in [-0.05, 0) is 24.6 Å². The summed E-state index contributed by atoms with van der Waals surface area (Å²) in [5.74, 6) is 0.203. The molecule has 0 saturated carbocycles. The zero-order chi connectivity index (χ0) is 13.1. The monoisotopic (exact) mass is 284 g/mol. The molecule has 2 nitrogen and oxygen atoms in total. The highest BCUT2D eigenvalue weighted by Crippen LogP contribution is 2.25. The number of hydrogen-bond acceptors (Lipinski definition) is 2. The smallest absolute Gasteiger partial charge is 0.134 e. The average Bonchev–Trinajstić information content (AvgIpc) is 2.28. The van der Waals surface area contributed by atoms with E-state index < -0.39 is 5.82 Å². The summed E-state index contributed by atoms with van der Waals surface area (Å²) >= 11 is 11.6. The van der Waals surface area contributed by atoms with Crippen molar-refractivity contribution in [1.82, 2.24) is 9.97 Å². The second kappa shape index (κ2) is 5.63. The second-order valence-corrected chi connectivity index (χ2v) is 4.69. The lowest BCUT2D eigenvalue weighted by molar-refractivity contribution is 0.630. The zero-order valence-corrected chi connectivity index (χ0v) is 11.3. The quantitative estimate of drug-likeness (QED) is 0.773. The van der Waals surface area contributed by atoms with Crippen LogP contribution in [0.5, 0.6) is 0 Å². The molecule has 18 heavy (non-hydrogen) atoms. The summed E-state index contributed by atoms with van der Waals surface area (Å²) in [7, 11) is 0. The highest BCUT2D eigenvalue weighted by Gasteiger charge is 2.10. The molecule has 0 aliphatic heterocycles. The van der Waals surface area contributed by atoms with E-state index in [1.165, 1.54) is 6.07 Å². The third kappa shape index (κ3) is 2.98. The van der Waals surface area contributed by atoms with Crippen molar-refractivity contribution in [3.05, 3.63) is 46.1 Å². The van der Waals surface area contributed by atoms with Gasteiger partial charge in [0, 0.05) is 23.1 Å². The number of benzene rings is 1. The van der Waals surface area contributed by atoms with Crippen LogP contribution < -0.4 is 0 Å². The Balaban J connectivity index is 2.49. The predicted molar refractivity (Wildman–Crippen MR) is 71.4 cm³/mol. The lowest BCUT2D eigenvalue weighted by atomic mass is 10.1. The molecule has 0 aliphatic rings. The van der Waals surface area contributed by atoms with Gasteiger partial charge in [-0.3, -0.25) is 0 Å². The minimum absolute atomic E-state index is 0.317. The molecule has 0 spiro atoms. The fourth-order valence-electron chi connectivity index (χ4n) is 1.64. The molecule has 0 aliphatic carbocycles. The average molecular weight is 285 g/mol. The molecule has 1 heterocycles. The number of aromatic nitrogens is 2. The van der Waals surface area contributed by atoms with Crippen LogP contribution in [0.1, 0.15) is 19.2 Å². The SMILES string of the molecule is CCCc1nc(Cl)cc(-c2ccc(Cl)cc2F)n1. The van der Waals surface area contributed by atoms with Gasteiger partial charge in [0.05, 0.1) is 5.69 Å². The first-order valence-electron chi connectivity index (χ1n) is 5.59. The summed E-state index contributed by atoms with van der Waals surface area (Å²) in [4.78, 5) is 8.41. The Hall–Kier alpha value is -1.19. The lowest BCUT2D eigenvalue weighted by Gasteiger charge is -2.06. The number of hydrogen-bond donors (Lipinski definition) is 0. The van der Waals surface area contributed by atoms with Crippen molar-refractivity contribution in [2.75, 3.05) is 0 Å². The molecule has 0 fully saturated rings.